The molecule has 0 aliphatic heterocycles. The summed E-state index contributed by atoms with van der Waals surface area (Å²) in [5.41, 5.74) is 7.07. The summed E-state index contributed by atoms with van der Waals surface area (Å²) in [4.78, 5) is 2.16. The Labute approximate surface area is 156 Å². The zero-order valence-corrected chi connectivity index (χ0v) is 15.6. The second-order valence-corrected chi connectivity index (χ2v) is 6.89. The van der Waals surface area contributed by atoms with Crippen LogP contribution in [0.2, 0.25) is 0 Å². The molecular weight excluding hydrogens is 318 g/mol. The number of phenols is 1. The lowest BCUT2D eigenvalue weighted by molar-refractivity contribution is 0.446. The summed E-state index contributed by atoms with van der Waals surface area (Å²) in [6, 6.07) is 26.5. The van der Waals surface area contributed by atoms with Gasteiger partial charge >= 0.3 is 0 Å². The first-order chi connectivity index (χ1) is 12.5. The summed E-state index contributed by atoms with van der Waals surface area (Å²) in [5, 5.41) is 9.93. The molecule has 0 amide bonds. The van der Waals surface area contributed by atoms with E-state index < -0.39 is 0 Å². The Morgan fingerprint density at radius 2 is 1.42 bits per heavy atom. The van der Waals surface area contributed by atoms with Crippen LogP contribution >= 0.6 is 0 Å². The van der Waals surface area contributed by atoms with Crippen molar-refractivity contribution in [1.29, 1.82) is 0 Å². The highest BCUT2D eigenvalue weighted by Gasteiger charge is 2.11. The van der Waals surface area contributed by atoms with Crippen molar-refractivity contribution in [3.05, 3.63) is 95.6 Å². The van der Waals surface area contributed by atoms with Crippen molar-refractivity contribution in [1.82, 2.24) is 4.90 Å². The largest absolute Gasteiger partial charge is 0.508 e. The Morgan fingerprint density at radius 3 is 2.04 bits per heavy atom. The van der Waals surface area contributed by atoms with E-state index >= 15 is 0 Å². The highest BCUT2D eigenvalue weighted by atomic mass is 16.3. The molecule has 0 atom stereocenters. The smallest absolute Gasteiger partial charge is 0.116 e. The molecule has 0 bridgehead atoms. The molecule has 26 heavy (non-hydrogen) atoms. The van der Waals surface area contributed by atoms with Gasteiger partial charge in [-0.2, -0.15) is 0 Å². The average Bonchev–Trinajstić information content (AvgIpc) is 2.63. The first kappa shape index (κ1) is 18.0. The molecule has 0 unspecified atom stereocenters. The van der Waals surface area contributed by atoms with Crippen LogP contribution in [-0.4, -0.2) is 30.6 Å². The number of aromatic hydroxyl groups is 1. The Hall–Kier alpha value is -2.84. The molecule has 0 saturated heterocycles. The predicted molar refractivity (Wildman–Crippen MR) is 110 cm³/mol. The van der Waals surface area contributed by atoms with Crippen molar-refractivity contribution in [2.24, 2.45) is 0 Å². The van der Waals surface area contributed by atoms with Crippen LogP contribution in [0.1, 0.15) is 18.1 Å². The zero-order chi connectivity index (χ0) is 18.5. The monoisotopic (exact) mass is 343 g/mol. The van der Waals surface area contributed by atoms with Crippen LogP contribution in [0.25, 0.3) is 16.7 Å². The molecule has 0 aromatic heterocycles. The first-order valence-corrected chi connectivity index (χ1v) is 8.84. The van der Waals surface area contributed by atoms with E-state index in [0.717, 1.165) is 17.7 Å². The van der Waals surface area contributed by atoms with E-state index in [4.69, 9.17) is 0 Å². The number of phenolic OH excluding ortho intramolecular Hbond substituents is 1. The lowest BCUT2D eigenvalue weighted by atomic mass is 9.92. The van der Waals surface area contributed by atoms with E-state index in [1.807, 2.05) is 18.2 Å². The second kappa shape index (κ2) is 8.03. The molecule has 2 heteroatoms. The number of hydrogen-bond acceptors (Lipinski definition) is 2. The summed E-state index contributed by atoms with van der Waals surface area (Å²) in [5.74, 6) is 0.290. The van der Waals surface area contributed by atoms with E-state index in [9.17, 15) is 5.11 Å². The first-order valence-electron chi connectivity index (χ1n) is 8.84. The van der Waals surface area contributed by atoms with Gasteiger partial charge in [-0.3, -0.25) is 0 Å². The number of rotatable bonds is 5. The topological polar surface area (TPSA) is 23.5 Å². The summed E-state index contributed by atoms with van der Waals surface area (Å²) < 4.78 is 0. The maximum absolute atomic E-state index is 9.93. The number of hydrogen-bond donors (Lipinski definition) is 1. The standard InChI is InChI=1S/C24H25NO/c1-18(17-25(2)3)24(22-10-7-11-23(26)16-22)21-14-12-20(13-15-21)19-8-5-4-6-9-19/h4-16,26H,17H2,1-3H3/b24-18-. The summed E-state index contributed by atoms with van der Waals surface area (Å²) >= 11 is 0. The summed E-state index contributed by atoms with van der Waals surface area (Å²) in [6.07, 6.45) is 0. The summed E-state index contributed by atoms with van der Waals surface area (Å²) in [7, 11) is 4.14. The Bertz CT molecular complexity index is 893. The molecule has 1 N–H and O–H groups in total. The minimum Gasteiger partial charge on any atom is -0.508 e. The Balaban J connectivity index is 2.05. The highest BCUT2D eigenvalue weighted by Crippen LogP contribution is 2.31. The van der Waals surface area contributed by atoms with E-state index in [-0.39, 0.29) is 0 Å². The van der Waals surface area contributed by atoms with Crippen LogP contribution in [0.15, 0.2) is 84.4 Å². The lowest BCUT2D eigenvalue weighted by Crippen LogP contribution is -2.15. The highest BCUT2D eigenvalue weighted by molar-refractivity contribution is 5.83. The molecule has 0 spiro atoms. The molecule has 2 nitrogen and oxygen atoms in total. The van der Waals surface area contributed by atoms with Crippen LogP contribution in [0, 0.1) is 0 Å². The maximum Gasteiger partial charge on any atom is 0.116 e. The predicted octanol–water partition coefficient (Wildman–Crippen LogP) is 5.44. The summed E-state index contributed by atoms with van der Waals surface area (Å²) in [6.45, 7) is 3.02. The van der Waals surface area contributed by atoms with Crippen molar-refractivity contribution >= 4 is 5.57 Å². The van der Waals surface area contributed by atoms with Crippen LogP contribution in [0.3, 0.4) is 0 Å². The van der Waals surface area contributed by atoms with Crippen molar-refractivity contribution in [3.63, 3.8) is 0 Å². The minimum atomic E-state index is 0.290. The molecule has 0 fully saturated rings. The number of benzene rings is 3. The van der Waals surface area contributed by atoms with Gasteiger partial charge in [-0.25, -0.2) is 0 Å². The van der Waals surface area contributed by atoms with Crippen molar-refractivity contribution in [3.8, 4) is 16.9 Å². The van der Waals surface area contributed by atoms with Gasteiger partial charge in [0.1, 0.15) is 5.75 Å². The fourth-order valence-electron chi connectivity index (χ4n) is 3.33. The third-order valence-electron chi connectivity index (χ3n) is 4.40. The van der Waals surface area contributed by atoms with Crippen molar-refractivity contribution in [2.45, 2.75) is 6.92 Å². The third-order valence-corrected chi connectivity index (χ3v) is 4.40. The molecule has 3 rings (SSSR count). The molecule has 0 heterocycles. The molecule has 0 aliphatic rings. The van der Waals surface area contributed by atoms with Crippen LogP contribution in [0.5, 0.6) is 5.75 Å². The molecule has 0 saturated carbocycles. The SMILES string of the molecule is C/C(CN(C)C)=C(\c1ccc(-c2ccccc2)cc1)c1cccc(O)c1. The van der Waals surface area contributed by atoms with E-state index in [2.05, 4.69) is 80.5 Å². The van der Waals surface area contributed by atoms with Gasteiger partial charge in [-0.1, -0.05) is 72.3 Å². The number of likely N-dealkylation sites (N-methyl/N-ethyl adjacent to an activating group) is 1. The van der Waals surface area contributed by atoms with Gasteiger partial charge in [0.15, 0.2) is 0 Å². The molecule has 0 aliphatic carbocycles. The quantitative estimate of drug-likeness (QED) is 0.666. The molecule has 3 aromatic rings. The Morgan fingerprint density at radius 1 is 0.769 bits per heavy atom. The number of nitrogens with zero attached hydrogens (tertiary/aromatic N) is 1. The third kappa shape index (κ3) is 4.22. The fourth-order valence-corrected chi connectivity index (χ4v) is 3.33. The van der Waals surface area contributed by atoms with Gasteiger partial charge in [-0.05, 0) is 61.0 Å². The van der Waals surface area contributed by atoms with Gasteiger partial charge < -0.3 is 10.0 Å². The van der Waals surface area contributed by atoms with Gasteiger partial charge in [0.25, 0.3) is 0 Å². The van der Waals surface area contributed by atoms with E-state index in [0.29, 0.717) is 5.75 Å². The van der Waals surface area contributed by atoms with E-state index in [1.54, 1.807) is 6.07 Å². The van der Waals surface area contributed by atoms with Gasteiger partial charge in [0.05, 0.1) is 0 Å². The maximum atomic E-state index is 9.93. The normalized spacial score (nSPS) is 12.2. The van der Waals surface area contributed by atoms with Crippen LogP contribution in [-0.2, 0) is 0 Å². The molecular formula is C24H25NO. The molecule has 3 aromatic carbocycles. The van der Waals surface area contributed by atoms with Gasteiger partial charge in [0.2, 0.25) is 0 Å². The van der Waals surface area contributed by atoms with E-state index in [1.165, 1.54) is 22.3 Å². The molecule has 132 valence electrons. The van der Waals surface area contributed by atoms with Gasteiger partial charge in [0, 0.05) is 6.54 Å². The fraction of sp³-hybridized carbons (Fsp3) is 0.167. The second-order valence-electron chi connectivity index (χ2n) is 6.89. The van der Waals surface area contributed by atoms with Crippen LogP contribution < -0.4 is 0 Å². The Kier molecular flexibility index (Phi) is 5.55. The van der Waals surface area contributed by atoms with Gasteiger partial charge in [-0.15, -0.1) is 0 Å². The van der Waals surface area contributed by atoms with Crippen molar-refractivity contribution < 1.29 is 5.11 Å². The minimum absolute atomic E-state index is 0.290. The lowest BCUT2D eigenvalue weighted by Gasteiger charge is -2.17. The van der Waals surface area contributed by atoms with Crippen molar-refractivity contribution in [2.75, 3.05) is 20.6 Å². The molecule has 0 radical (unpaired) electrons. The average molecular weight is 343 g/mol. The zero-order valence-electron chi connectivity index (χ0n) is 15.6. The van der Waals surface area contributed by atoms with Crippen LogP contribution in [0.4, 0.5) is 0 Å².